The summed E-state index contributed by atoms with van der Waals surface area (Å²) in [6.45, 7) is 2.06. The Morgan fingerprint density at radius 3 is 3.05 bits per heavy atom. The Morgan fingerprint density at radius 2 is 2.33 bits per heavy atom. The molecule has 2 heterocycles. The van der Waals surface area contributed by atoms with E-state index < -0.39 is 5.91 Å². The molecule has 0 saturated heterocycles. The molecule has 1 amide bonds. The molecule has 2 aromatic rings. The molecule has 0 saturated carbocycles. The van der Waals surface area contributed by atoms with Crippen LogP contribution in [-0.2, 0) is 4.79 Å². The van der Waals surface area contributed by atoms with E-state index in [0.717, 1.165) is 4.44 Å². The molecule has 6 heteroatoms. The molecule has 0 atom stereocenters. The number of hydrogen-bond acceptors (Lipinski definition) is 3. The van der Waals surface area contributed by atoms with E-state index in [1.807, 2.05) is 6.08 Å². The van der Waals surface area contributed by atoms with Crippen molar-refractivity contribution in [1.82, 2.24) is 4.98 Å². The topological polar surface area (TPSA) is 42.0 Å². The molecule has 1 N–H and O–H groups in total. The van der Waals surface area contributed by atoms with Crippen LogP contribution in [0.15, 0.2) is 40.5 Å². The van der Waals surface area contributed by atoms with Crippen molar-refractivity contribution in [3.05, 3.63) is 46.1 Å². The van der Waals surface area contributed by atoms with Gasteiger partial charge in [-0.05, 0) is 0 Å². The molecule has 0 aromatic carbocycles. The number of anilines is 1. The summed E-state index contributed by atoms with van der Waals surface area (Å²) in [7, 11) is 0. The van der Waals surface area contributed by atoms with Crippen LogP contribution in [-0.4, -0.2) is 25.4 Å². The van der Waals surface area contributed by atoms with E-state index in [2.05, 4.69) is 28.0 Å². The van der Waals surface area contributed by atoms with E-state index in [-0.39, 0.29) is 25.9 Å². The molecule has 0 spiro atoms. The summed E-state index contributed by atoms with van der Waals surface area (Å²) in [6, 6.07) is 0. The van der Waals surface area contributed by atoms with Crippen molar-refractivity contribution < 1.29 is 9.18 Å². The standard InChI is InChI=1S/C15H13FN2OSSe/c1-9-7-20-8-11(9)13-6-17-15(21-13)18-14(19)10-4-2-3-5-12(10)16/h2,4,6-8H,3,5H2,1H3,(H,17,18,19). The number of aromatic nitrogens is 1. The van der Waals surface area contributed by atoms with E-state index in [9.17, 15) is 9.18 Å². The van der Waals surface area contributed by atoms with Crippen LogP contribution < -0.4 is 5.32 Å². The predicted octanol–water partition coefficient (Wildman–Crippen LogP) is 3.69. The second-order valence-corrected chi connectivity index (χ2v) is 7.62. The fourth-order valence-electron chi connectivity index (χ4n) is 2.07. The van der Waals surface area contributed by atoms with Crippen molar-refractivity contribution in [2.45, 2.75) is 19.8 Å². The number of rotatable bonds is 3. The maximum atomic E-state index is 13.6. The third-order valence-electron chi connectivity index (χ3n) is 3.20. The molecule has 0 unspecified atom stereocenters. The SMILES string of the molecule is Cc1cscc1-c1cnc(NC(=O)C2=C(F)CCC=C2)[se]1. The average molecular weight is 367 g/mol. The number of carbonyl (C=O) groups is 1. The molecule has 2 aromatic heterocycles. The van der Waals surface area contributed by atoms with E-state index in [1.54, 1.807) is 23.6 Å². The van der Waals surface area contributed by atoms with Gasteiger partial charge in [0.15, 0.2) is 0 Å². The molecule has 0 bridgehead atoms. The molecular weight excluding hydrogens is 354 g/mol. The molecule has 108 valence electrons. The van der Waals surface area contributed by atoms with E-state index in [4.69, 9.17) is 0 Å². The second kappa shape index (κ2) is 6.10. The summed E-state index contributed by atoms with van der Waals surface area (Å²) in [4.78, 5) is 16.3. The molecule has 0 fully saturated rings. The third-order valence-corrected chi connectivity index (χ3v) is 6.05. The van der Waals surface area contributed by atoms with Gasteiger partial charge in [-0.25, -0.2) is 0 Å². The molecular formula is C15H13FN2OSSe. The van der Waals surface area contributed by atoms with Crippen molar-refractivity contribution in [2.24, 2.45) is 0 Å². The van der Waals surface area contributed by atoms with Gasteiger partial charge in [0.05, 0.1) is 0 Å². The Hall–Kier alpha value is -1.49. The zero-order valence-electron chi connectivity index (χ0n) is 11.4. The normalized spacial score (nSPS) is 14.6. The van der Waals surface area contributed by atoms with Crippen LogP contribution in [0.2, 0.25) is 0 Å². The maximum absolute atomic E-state index is 13.6. The first-order chi connectivity index (χ1) is 10.1. The Bertz CT molecular complexity index is 744. The van der Waals surface area contributed by atoms with E-state index in [1.165, 1.54) is 11.1 Å². The summed E-state index contributed by atoms with van der Waals surface area (Å²) in [6.07, 6.45) is 6.11. The second-order valence-electron chi connectivity index (χ2n) is 4.71. The number of hydrogen-bond donors (Lipinski definition) is 1. The Labute approximate surface area is 132 Å². The number of thiophene rings is 1. The number of nitrogens with one attached hydrogen (secondary N) is 1. The van der Waals surface area contributed by atoms with Gasteiger partial charge in [0, 0.05) is 0 Å². The number of halogens is 1. The van der Waals surface area contributed by atoms with Gasteiger partial charge in [0.25, 0.3) is 0 Å². The van der Waals surface area contributed by atoms with Gasteiger partial charge < -0.3 is 0 Å². The first-order valence-corrected chi connectivity index (χ1v) is 9.16. The van der Waals surface area contributed by atoms with Gasteiger partial charge in [-0.2, -0.15) is 0 Å². The van der Waals surface area contributed by atoms with Gasteiger partial charge in [0.2, 0.25) is 0 Å². The summed E-state index contributed by atoms with van der Waals surface area (Å²) < 4.78 is 15.4. The number of nitrogens with zero attached hydrogens (tertiary/aromatic N) is 1. The monoisotopic (exact) mass is 368 g/mol. The summed E-state index contributed by atoms with van der Waals surface area (Å²) >= 11 is 1.61. The molecule has 0 aliphatic heterocycles. The van der Waals surface area contributed by atoms with Crippen LogP contribution in [0.3, 0.4) is 0 Å². The van der Waals surface area contributed by atoms with Gasteiger partial charge in [-0.3, -0.25) is 0 Å². The van der Waals surface area contributed by atoms with Crippen molar-refractivity contribution in [2.75, 3.05) is 5.32 Å². The van der Waals surface area contributed by atoms with Crippen LogP contribution in [0.25, 0.3) is 10.0 Å². The Morgan fingerprint density at radius 1 is 1.48 bits per heavy atom. The van der Waals surface area contributed by atoms with Crippen LogP contribution in [0.5, 0.6) is 0 Å². The van der Waals surface area contributed by atoms with Crippen molar-refractivity contribution in [3.8, 4) is 10.0 Å². The van der Waals surface area contributed by atoms with E-state index in [0.29, 0.717) is 17.5 Å². The van der Waals surface area contributed by atoms with Crippen molar-refractivity contribution in [1.29, 1.82) is 0 Å². The summed E-state index contributed by atoms with van der Waals surface area (Å²) in [5.41, 5.74) is 2.54. The molecule has 3 nitrogen and oxygen atoms in total. The summed E-state index contributed by atoms with van der Waals surface area (Å²) in [5, 5.41) is 6.92. The zero-order chi connectivity index (χ0) is 14.8. The number of amides is 1. The van der Waals surface area contributed by atoms with Gasteiger partial charge in [-0.1, -0.05) is 0 Å². The van der Waals surface area contributed by atoms with Gasteiger partial charge in [-0.15, -0.1) is 0 Å². The molecule has 0 radical (unpaired) electrons. The van der Waals surface area contributed by atoms with Crippen molar-refractivity contribution >= 4 is 36.4 Å². The van der Waals surface area contributed by atoms with Crippen LogP contribution >= 0.6 is 11.3 Å². The average Bonchev–Trinajstić information content (AvgIpc) is 3.08. The van der Waals surface area contributed by atoms with Crippen LogP contribution in [0, 0.1) is 6.92 Å². The molecule has 21 heavy (non-hydrogen) atoms. The molecule has 3 rings (SSSR count). The number of allylic oxidation sites excluding steroid dienone is 2. The summed E-state index contributed by atoms with van der Waals surface area (Å²) in [5.74, 6) is -0.747. The first-order valence-electron chi connectivity index (χ1n) is 6.50. The fraction of sp³-hybridized carbons (Fsp3) is 0.200. The predicted molar refractivity (Wildman–Crippen MR) is 84.4 cm³/mol. The number of carbonyl (C=O) groups excluding carboxylic acids is 1. The number of aryl methyl sites for hydroxylation is 1. The van der Waals surface area contributed by atoms with Gasteiger partial charge >= 0.3 is 132 Å². The zero-order valence-corrected chi connectivity index (χ0v) is 13.9. The first kappa shape index (κ1) is 14.4. The van der Waals surface area contributed by atoms with Crippen molar-refractivity contribution in [3.63, 3.8) is 0 Å². The molecule has 1 aliphatic rings. The Kier molecular flexibility index (Phi) is 4.19. The van der Waals surface area contributed by atoms with Crippen LogP contribution in [0.4, 0.5) is 9.08 Å². The quantitative estimate of drug-likeness (QED) is 0.841. The van der Waals surface area contributed by atoms with Gasteiger partial charge in [0.1, 0.15) is 0 Å². The van der Waals surface area contributed by atoms with Crippen LogP contribution in [0.1, 0.15) is 18.4 Å². The minimum absolute atomic E-state index is 0.0447. The van der Waals surface area contributed by atoms with E-state index >= 15 is 0 Å². The fourth-order valence-corrected chi connectivity index (χ4v) is 4.96. The Balaban J connectivity index is 1.78. The minimum atomic E-state index is -0.402. The third kappa shape index (κ3) is 3.07. The molecule has 1 aliphatic carbocycles.